The Morgan fingerprint density at radius 3 is 3.09 bits per heavy atom. The van der Waals surface area contributed by atoms with Crippen LogP contribution in [0.1, 0.15) is 52.8 Å². The first-order chi connectivity index (χ1) is 10.6. The monoisotopic (exact) mass is 300 g/mol. The maximum absolute atomic E-state index is 12.4. The third-order valence-electron chi connectivity index (χ3n) is 4.04. The normalized spacial score (nSPS) is 20.5. The van der Waals surface area contributed by atoms with Crippen LogP contribution in [-0.2, 0) is 17.7 Å². The van der Waals surface area contributed by atoms with Crippen molar-refractivity contribution in [2.75, 3.05) is 0 Å². The Hall–Kier alpha value is -2.21. The van der Waals surface area contributed by atoms with Crippen LogP contribution in [0, 0.1) is 6.92 Å². The summed E-state index contributed by atoms with van der Waals surface area (Å²) in [5.74, 6) is -0.165. The van der Waals surface area contributed by atoms with Gasteiger partial charge in [0.25, 0.3) is 5.91 Å². The van der Waals surface area contributed by atoms with Crippen LogP contribution in [0.3, 0.4) is 0 Å². The lowest BCUT2D eigenvalue weighted by atomic mass is 9.99. The van der Waals surface area contributed by atoms with Gasteiger partial charge >= 0.3 is 0 Å². The van der Waals surface area contributed by atoms with Gasteiger partial charge in [-0.25, -0.2) is 0 Å². The molecule has 3 heterocycles. The molecule has 116 valence electrons. The third-order valence-corrected chi connectivity index (χ3v) is 4.04. The van der Waals surface area contributed by atoms with Gasteiger partial charge in [-0.2, -0.15) is 5.10 Å². The Balaban J connectivity index is 1.75. The van der Waals surface area contributed by atoms with Gasteiger partial charge in [0.1, 0.15) is 0 Å². The van der Waals surface area contributed by atoms with Crippen molar-refractivity contribution in [1.82, 2.24) is 20.5 Å². The zero-order chi connectivity index (χ0) is 15.7. The highest BCUT2D eigenvalue weighted by atomic mass is 16.5. The van der Waals surface area contributed by atoms with E-state index in [4.69, 9.17) is 4.74 Å². The van der Waals surface area contributed by atoms with E-state index in [-0.39, 0.29) is 18.1 Å². The highest BCUT2D eigenvalue weighted by Crippen LogP contribution is 2.30. The fourth-order valence-electron chi connectivity index (χ4n) is 2.80. The van der Waals surface area contributed by atoms with Gasteiger partial charge in [-0.15, -0.1) is 0 Å². The van der Waals surface area contributed by atoms with Crippen molar-refractivity contribution in [1.29, 1.82) is 0 Å². The average molecular weight is 300 g/mol. The average Bonchev–Trinajstić information content (AvgIpc) is 2.90. The molecule has 6 nitrogen and oxygen atoms in total. The molecule has 6 heteroatoms. The summed E-state index contributed by atoms with van der Waals surface area (Å²) in [7, 11) is 0. The highest BCUT2D eigenvalue weighted by molar-refractivity contribution is 5.94. The number of carbonyl (C=O) groups excluding carboxylic acids is 1. The summed E-state index contributed by atoms with van der Waals surface area (Å²) in [5, 5.41) is 10.0. The predicted molar refractivity (Wildman–Crippen MR) is 81.4 cm³/mol. The van der Waals surface area contributed by atoms with Crippen LogP contribution >= 0.6 is 0 Å². The number of amides is 1. The second-order valence-corrected chi connectivity index (χ2v) is 5.74. The van der Waals surface area contributed by atoms with E-state index in [1.807, 2.05) is 26.8 Å². The van der Waals surface area contributed by atoms with Crippen molar-refractivity contribution in [3.05, 3.63) is 46.5 Å². The molecule has 22 heavy (non-hydrogen) atoms. The summed E-state index contributed by atoms with van der Waals surface area (Å²) in [5.41, 5.74) is 4.45. The van der Waals surface area contributed by atoms with E-state index in [0.29, 0.717) is 18.7 Å². The van der Waals surface area contributed by atoms with Gasteiger partial charge in [0.15, 0.2) is 5.69 Å². The molecule has 2 N–H and O–H groups in total. The van der Waals surface area contributed by atoms with Crippen LogP contribution in [0.4, 0.5) is 0 Å². The van der Waals surface area contributed by atoms with Crippen molar-refractivity contribution in [2.24, 2.45) is 0 Å². The summed E-state index contributed by atoms with van der Waals surface area (Å²) < 4.78 is 5.74. The summed E-state index contributed by atoms with van der Waals surface area (Å²) in [6.45, 7) is 6.42. The molecule has 0 radical (unpaired) electrons. The number of aryl methyl sites for hydroxylation is 1. The molecule has 0 saturated heterocycles. The number of carbonyl (C=O) groups is 1. The topological polar surface area (TPSA) is 79.9 Å². The maximum atomic E-state index is 12.4. The summed E-state index contributed by atoms with van der Waals surface area (Å²) in [4.78, 5) is 16.5. The molecule has 2 atom stereocenters. The number of aromatic nitrogens is 3. The zero-order valence-electron chi connectivity index (χ0n) is 13.0. The Bertz CT molecular complexity index is 695. The molecule has 1 amide bonds. The van der Waals surface area contributed by atoms with Gasteiger partial charge in [0.2, 0.25) is 0 Å². The van der Waals surface area contributed by atoms with Crippen molar-refractivity contribution in [2.45, 2.75) is 45.9 Å². The summed E-state index contributed by atoms with van der Waals surface area (Å²) in [6, 6.07) is 1.93. The van der Waals surface area contributed by atoms with Crippen LogP contribution in [-0.4, -0.2) is 27.2 Å². The van der Waals surface area contributed by atoms with Gasteiger partial charge in [-0.3, -0.25) is 14.9 Å². The summed E-state index contributed by atoms with van der Waals surface area (Å²) in [6.07, 6.45) is 4.24. The number of H-pyrrole nitrogens is 1. The number of hydrogen-bond donors (Lipinski definition) is 2. The van der Waals surface area contributed by atoms with E-state index >= 15 is 0 Å². The molecule has 0 unspecified atom stereocenters. The molecule has 1 aliphatic heterocycles. The molecule has 0 aromatic carbocycles. The first-order valence-electron chi connectivity index (χ1n) is 7.46. The minimum Gasteiger partial charge on any atom is -0.369 e. The van der Waals surface area contributed by atoms with Gasteiger partial charge in [-0.05, 0) is 38.0 Å². The first kappa shape index (κ1) is 14.7. The Kier molecular flexibility index (Phi) is 3.94. The van der Waals surface area contributed by atoms with Crippen molar-refractivity contribution in [3.63, 3.8) is 0 Å². The van der Waals surface area contributed by atoms with Crippen LogP contribution in [0.5, 0.6) is 0 Å². The SMILES string of the molecule is Cc1ccncc1CNC(=O)c1n[nH]c2c1C[C@@H](C)O[C@H]2C. The number of nitrogens with one attached hydrogen (secondary N) is 2. The van der Waals surface area contributed by atoms with E-state index < -0.39 is 0 Å². The number of nitrogens with zero attached hydrogens (tertiary/aromatic N) is 2. The maximum Gasteiger partial charge on any atom is 0.272 e. The molecule has 0 aliphatic carbocycles. The fourth-order valence-corrected chi connectivity index (χ4v) is 2.80. The molecular formula is C16H20N4O2. The lowest BCUT2D eigenvalue weighted by Gasteiger charge is -2.25. The summed E-state index contributed by atoms with van der Waals surface area (Å²) >= 11 is 0. The molecule has 0 fully saturated rings. The lowest BCUT2D eigenvalue weighted by molar-refractivity contribution is -0.00697. The molecule has 2 aromatic rings. The number of ether oxygens (including phenoxy) is 1. The van der Waals surface area contributed by atoms with Gasteiger partial charge in [0.05, 0.1) is 17.9 Å². The van der Waals surface area contributed by atoms with E-state index in [1.54, 1.807) is 12.4 Å². The zero-order valence-corrected chi connectivity index (χ0v) is 13.0. The second-order valence-electron chi connectivity index (χ2n) is 5.74. The highest BCUT2D eigenvalue weighted by Gasteiger charge is 2.29. The second kappa shape index (κ2) is 5.88. The molecule has 1 aliphatic rings. The largest absolute Gasteiger partial charge is 0.369 e. The number of fused-ring (bicyclic) bond motifs is 1. The van der Waals surface area contributed by atoms with Gasteiger partial charge in [0, 0.05) is 30.9 Å². The van der Waals surface area contributed by atoms with E-state index in [9.17, 15) is 4.79 Å². The molecule has 0 bridgehead atoms. The van der Waals surface area contributed by atoms with Gasteiger partial charge in [-0.1, -0.05) is 0 Å². The van der Waals surface area contributed by atoms with Gasteiger partial charge < -0.3 is 10.1 Å². The molecule has 0 saturated carbocycles. The predicted octanol–water partition coefficient (Wildman–Crippen LogP) is 2.07. The molecule has 0 spiro atoms. The van der Waals surface area contributed by atoms with Crippen LogP contribution < -0.4 is 5.32 Å². The fraction of sp³-hybridized carbons (Fsp3) is 0.438. The number of rotatable bonds is 3. The molecule has 2 aromatic heterocycles. The molecule has 3 rings (SSSR count). The van der Waals surface area contributed by atoms with Crippen molar-refractivity contribution < 1.29 is 9.53 Å². The van der Waals surface area contributed by atoms with E-state index in [2.05, 4.69) is 20.5 Å². The number of hydrogen-bond acceptors (Lipinski definition) is 4. The van der Waals surface area contributed by atoms with E-state index in [0.717, 1.165) is 22.4 Å². The smallest absolute Gasteiger partial charge is 0.272 e. The minimum absolute atomic E-state index is 0.0617. The minimum atomic E-state index is -0.165. The Labute approximate surface area is 129 Å². The van der Waals surface area contributed by atoms with Crippen LogP contribution in [0.15, 0.2) is 18.5 Å². The Morgan fingerprint density at radius 1 is 1.50 bits per heavy atom. The van der Waals surface area contributed by atoms with E-state index in [1.165, 1.54) is 0 Å². The van der Waals surface area contributed by atoms with Crippen molar-refractivity contribution in [3.8, 4) is 0 Å². The van der Waals surface area contributed by atoms with Crippen LogP contribution in [0.25, 0.3) is 0 Å². The number of pyridine rings is 1. The Morgan fingerprint density at radius 2 is 2.32 bits per heavy atom. The standard InChI is InChI=1S/C16H20N4O2/c1-9-4-5-17-7-12(9)8-18-16(21)15-13-6-10(2)22-11(3)14(13)19-20-15/h4-5,7,10-11H,6,8H2,1-3H3,(H,18,21)(H,19,20)/t10-,11+/m1/s1. The van der Waals surface area contributed by atoms with Crippen LogP contribution in [0.2, 0.25) is 0 Å². The lowest BCUT2D eigenvalue weighted by Crippen LogP contribution is -2.27. The first-order valence-corrected chi connectivity index (χ1v) is 7.46. The quantitative estimate of drug-likeness (QED) is 0.909. The number of aromatic amines is 1. The third kappa shape index (κ3) is 2.74. The molecular weight excluding hydrogens is 280 g/mol. The van der Waals surface area contributed by atoms with Crippen molar-refractivity contribution >= 4 is 5.91 Å².